The summed E-state index contributed by atoms with van der Waals surface area (Å²) >= 11 is 0. The Morgan fingerprint density at radius 2 is 1.26 bits per heavy atom. The summed E-state index contributed by atoms with van der Waals surface area (Å²) in [5.41, 5.74) is 3.43. The van der Waals surface area contributed by atoms with Crippen LogP contribution >= 0.6 is 24.8 Å². The zero-order chi connectivity index (χ0) is 39.7. The van der Waals surface area contributed by atoms with E-state index in [4.69, 9.17) is 10.5 Å². The van der Waals surface area contributed by atoms with Crippen molar-refractivity contribution in [3.63, 3.8) is 0 Å². The van der Waals surface area contributed by atoms with E-state index in [9.17, 15) is 22.8 Å². The highest BCUT2D eigenvalue weighted by molar-refractivity contribution is 5.85. The highest BCUT2D eigenvalue weighted by Crippen LogP contribution is 2.30. The molecule has 58 heavy (non-hydrogen) atoms. The van der Waals surface area contributed by atoms with Gasteiger partial charge in [-0.05, 0) is 131 Å². The molecule has 2 saturated carbocycles. The number of amides is 2. The largest absolute Gasteiger partial charge is 0.369 e. The zero-order valence-electron chi connectivity index (χ0n) is 33.4. The van der Waals surface area contributed by atoms with Gasteiger partial charge in [-0.15, -0.1) is 24.8 Å². The van der Waals surface area contributed by atoms with Gasteiger partial charge in [0.15, 0.2) is 0 Å². The highest BCUT2D eigenvalue weighted by atomic mass is 35.5. The second kappa shape index (κ2) is 25.6. The first-order valence-electron chi connectivity index (χ1n) is 20.5. The Kier molecular flexibility index (Phi) is 21.5. The Morgan fingerprint density at radius 1 is 0.724 bits per heavy atom. The van der Waals surface area contributed by atoms with E-state index in [1.807, 2.05) is 30.3 Å². The van der Waals surface area contributed by atoms with Gasteiger partial charge in [-0.2, -0.15) is 10.5 Å². The van der Waals surface area contributed by atoms with E-state index >= 15 is 0 Å². The first kappa shape index (κ1) is 48.6. The molecular weight excluding hydrogens is 786 g/mol. The van der Waals surface area contributed by atoms with Gasteiger partial charge in [-0.3, -0.25) is 19.4 Å². The van der Waals surface area contributed by atoms with Crippen molar-refractivity contribution >= 4 is 47.9 Å². The lowest BCUT2D eigenvalue weighted by Gasteiger charge is -2.37. The second-order valence-corrected chi connectivity index (χ2v) is 15.8. The molecule has 2 heterocycles. The minimum absolute atomic E-state index is 0. The number of carbonyl (C=O) groups excluding carboxylic acids is 2. The molecule has 0 aromatic heterocycles. The van der Waals surface area contributed by atoms with Crippen LogP contribution in [-0.2, 0) is 9.59 Å². The minimum atomic E-state index is -2.43. The van der Waals surface area contributed by atoms with Gasteiger partial charge in [0.25, 0.3) is 6.43 Å². The fraction of sp³-hybridized carbons (Fsp3) is 0.591. The van der Waals surface area contributed by atoms with Crippen molar-refractivity contribution in [1.29, 1.82) is 10.5 Å². The molecule has 9 nitrogen and oxygen atoms in total. The van der Waals surface area contributed by atoms with Crippen molar-refractivity contribution < 1.29 is 22.8 Å². The summed E-state index contributed by atoms with van der Waals surface area (Å²) in [5, 5.41) is 23.0. The Labute approximate surface area is 355 Å². The molecule has 2 aliphatic carbocycles. The van der Waals surface area contributed by atoms with Crippen LogP contribution in [0.2, 0.25) is 0 Å². The lowest BCUT2D eigenvalue weighted by molar-refractivity contribution is -0.122. The summed E-state index contributed by atoms with van der Waals surface area (Å²) in [4.78, 5) is 30.2. The third-order valence-corrected chi connectivity index (χ3v) is 12.0. The van der Waals surface area contributed by atoms with Crippen LogP contribution in [0.1, 0.15) is 101 Å². The van der Waals surface area contributed by atoms with Crippen LogP contribution in [-0.4, -0.2) is 86.1 Å². The van der Waals surface area contributed by atoms with Gasteiger partial charge in [0.2, 0.25) is 11.8 Å². The first-order valence-corrected chi connectivity index (χ1v) is 20.5. The van der Waals surface area contributed by atoms with Gasteiger partial charge in [0.1, 0.15) is 18.7 Å². The second-order valence-electron chi connectivity index (χ2n) is 15.8. The molecule has 2 aromatic rings. The molecule has 0 spiro atoms. The number of hydrogen-bond donors (Lipinski definition) is 2. The van der Waals surface area contributed by atoms with E-state index in [0.29, 0.717) is 5.92 Å². The predicted octanol–water partition coefficient (Wildman–Crippen LogP) is 8.46. The lowest BCUT2D eigenvalue weighted by atomic mass is 9.84. The Balaban J connectivity index is 0.000000301. The van der Waals surface area contributed by atoms with Crippen molar-refractivity contribution in [1.82, 2.24) is 20.4 Å². The minimum Gasteiger partial charge on any atom is -0.369 e. The smallest absolute Gasteiger partial charge is 0.263 e. The number of nitrogens with zero attached hydrogens (tertiary/aromatic N) is 5. The van der Waals surface area contributed by atoms with Gasteiger partial charge in [0, 0.05) is 62.6 Å². The third kappa shape index (κ3) is 16.1. The molecule has 6 rings (SSSR count). The van der Waals surface area contributed by atoms with E-state index in [1.165, 1.54) is 36.6 Å². The number of carbonyl (C=O) groups is 2. The first-order chi connectivity index (χ1) is 27.2. The molecule has 4 aliphatic rings. The summed E-state index contributed by atoms with van der Waals surface area (Å²) in [6.07, 6.45) is 11.7. The fourth-order valence-corrected chi connectivity index (χ4v) is 8.55. The number of alkyl halides is 2. The number of rotatable bonds is 13. The summed E-state index contributed by atoms with van der Waals surface area (Å²) < 4.78 is 38.9. The van der Waals surface area contributed by atoms with Crippen molar-refractivity contribution in [3.05, 3.63) is 71.6 Å². The van der Waals surface area contributed by atoms with Crippen LogP contribution in [0.25, 0.3) is 5.57 Å². The monoisotopic (exact) mass is 845 g/mol. The van der Waals surface area contributed by atoms with Crippen molar-refractivity contribution in [2.24, 2.45) is 11.8 Å². The molecule has 1 saturated heterocycles. The van der Waals surface area contributed by atoms with E-state index in [0.717, 1.165) is 127 Å². The molecule has 2 N–H and O–H groups in total. The summed E-state index contributed by atoms with van der Waals surface area (Å²) in [7, 11) is 0. The van der Waals surface area contributed by atoms with Crippen LogP contribution < -0.4 is 15.5 Å². The van der Waals surface area contributed by atoms with Gasteiger partial charge in [-0.1, -0.05) is 30.3 Å². The fourth-order valence-electron chi connectivity index (χ4n) is 8.55. The standard InChI is InChI=1S/C22H30F2N4O.C22H28FN3O.2ClH/c23-22(24)18-2-1-3-20(16-18)28-14-12-27(13-15-28)11-9-17-4-6-19(7-5-17)26-21(29)8-10-25;23-20-5-3-18(4-6-20)19-11-15-26(16-12-19)14-10-17-1-7-21(8-2-17)25-22(27)9-13-24;;/h1-3,16-17,19,22H,4-9,11-15H2,(H,26,29);3-6,11,17,21H,1-2,7-10,12,14-16H2,(H,25,27);2*1H. The molecule has 2 amide bonds. The SMILES string of the molecule is Cl.Cl.N#CCC(=O)NC1CCC(CCN2CC=C(c3ccc(F)cc3)CC2)CC1.N#CCC(=O)NC1CCC(CCN2CCN(c3cccc(C(F)F)c3)CC2)CC1. The lowest BCUT2D eigenvalue weighted by Crippen LogP contribution is -2.47. The Bertz CT molecular complexity index is 1660. The summed E-state index contributed by atoms with van der Waals surface area (Å²) in [6, 6.07) is 17.8. The highest BCUT2D eigenvalue weighted by Gasteiger charge is 2.25. The molecule has 0 bridgehead atoms. The third-order valence-electron chi connectivity index (χ3n) is 12.0. The maximum absolute atomic E-state index is 13.1. The molecule has 3 fully saturated rings. The number of benzene rings is 2. The van der Waals surface area contributed by atoms with E-state index in [1.54, 1.807) is 12.1 Å². The Morgan fingerprint density at radius 3 is 1.74 bits per heavy atom. The molecule has 0 atom stereocenters. The molecule has 318 valence electrons. The average molecular weight is 847 g/mol. The topological polar surface area (TPSA) is 116 Å². The van der Waals surface area contributed by atoms with Gasteiger partial charge in [-0.25, -0.2) is 13.2 Å². The van der Waals surface area contributed by atoms with Crippen LogP contribution in [0.4, 0.5) is 18.9 Å². The number of nitrogens with one attached hydrogen (secondary N) is 2. The van der Waals surface area contributed by atoms with Crippen LogP contribution in [0.5, 0.6) is 0 Å². The zero-order valence-corrected chi connectivity index (χ0v) is 35.1. The summed E-state index contributed by atoms with van der Waals surface area (Å²) in [6.45, 7) is 7.85. The molecule has 0 unspecified atom stereocenters. The van der Waals surface area contributed by atoms with E-state index in [-0.39, 0.29) is 72.9 Å². The molecule has 2 aliphatic heterocycles. The van der Waals surface area contributed by atoms with Crippen LogP contribution in [0.3, 0.4) is 0 Å². The van der Waals surface area contributed by atoms with E-state index in [2.05, 4.69) is 31.4 Å². The number of anilines is 1. The molecular formula is C44H60Cl2F3N7O2. The van der Waals surface area contributed by atoms with Crippen molar-refractivity contribution in [2.45, 2.75) is 102 Å². The van der Waals surface area contributed by atoms with Crippen molar-refractivity contribution in [2.75, 3.05) is 57.3 Å². The number of nitriles is 2. The van der Waals surface area contributed by atoms with Crippen LogP contribution in [0, 0.1) is 40.3 Å². The number of halogens is 5. The quantitative estimate of drug-likeness (QED) is 0.208. The van der Waals surface area contributed by atoms with Gasteiger partial charge in [0.05, 0.1) is 12.1 Å². The number of hydrogen-bond acceptors (Lipinski definition) is 7. The van der Waals surface area contributed by atoms with Gasteiger partial charge >= 0.3 is 0 Å². The van der Waals surface area contributed by atoms with Crippen molar-refractivity contribution in [3.8, 4) is 12.1 Å². The number of piperazine rings is 1. The maximum atomic E-state index is 13.1. The molecule has 0 radical (unpaired) electrons. The normalized spacial score (nSPS) is 22.4. The summed E-state index contributed by atoms with van der Waals surface area (Å²) in [5.74, 6) is 0.943. The molecule has 14 heteroatoms. The van der Waals surface area contributed by atoms with Gasteiger partial charge < -0.3 is 15.5 Å². The average Bonchev–Trinajstić information content (AvgIpc) is 3.21. The Hall–Kier alpha value is -3.81. The maximum Gasteiger partial charge on any atom is 0.263 e. The van der Waals surface area contributed by atoms with E-state index < -0.39 is 6.43 Å². The van der Waals surface area contributed by atoms with Crippen LogP contribution in [0.15, 0.2) is 54.6 Å². The molecule has 2 aromatic carbocycles. The predicted molar refractivity (Wildman–Crippen MR) is 227 cm³/mol.